The van der Waals surface area contributed by atoms with Crippen LogP contribution in [0.15, 0.2) is 65.8 Å². The monoisotopic (exact) mass is 613 g/mol. The smallest absolute Gasteiger partial charge is 0.354 e. The lowest BCUT2D eigenvalue weighted by Gasteiger charge is -2.34. The standard InChI is InChI=1S/C29H30F3N7O3S/c1-28(2)26(41)39(21-7-6-20(16-22(21)43)29(30,31)32)27(42)38(28)17-19-8-10-33-23(15-19)35-25(40)18-36-11-13-37(14-12-36)24-5-3-4-9-34-24/h3-10,15-16,43H,11-14,17-18H2,1-2H3,(H,33,35,40). The summed E-state index contributed by atoms with van der Waals surface area (Å²) in [5.74, 6) is 0.363. The fourth-order valence-corrected chi connectivity index (χ4v) is 5.40. The van der Waals surface area contributed by atoms with Gasteiger partial charge in [-0.05, 0) is 61.9 Å². The van der Waals surface area contributed by atoms with Crippen LogP contribution >= 0.6 is 12.6 Å². The van der Waals surface area contributed by atoms with Crippen molar-refractivity contribution in [3.63, 3.8) is 0 Å². The molecule has 0 spiro atoms. The number of halogens is 3. The lowest BCUT2D eigenvalue weighted by Crippen LogP contribution is -2.48. The summed E-state index contributed by atoms with van der Waals surface area (Å²) in [6.45, 7) is 6.19. The van der Waals surface area contributed by atoms with Crippen LogP contribution in [0.4, 0.5) is 35.3 Å². The van der Waals surface area contributed by atoms with Crippen molar-refractivity contribution >= 4 is 47.8 Å². The van der Waals surface area contributed by atoms with Gasteiger partial charge in [0.25, 0.3) is 5.91 Å². The molecule has 5 rings (SSSR count). The summed E-state index contributed by atoms with van der Waals surface area (Å²) in [5, 5.41) is 2.80. The van der Waals surface area contributed by atoms with Gasteiger partial charge in [-0.2, -0.15) is 13.2 Å². The fraction of sp³-hybridized carbons (Fsp3) is 0.345. The minimum absolute atomic E-state index is 0.00250. The molecule has 2 aromatic heterocycles. The second kappa shape index (κ2) is 11.8. The Bertz CT molecular complexity index is 1530. The quantitative estimate of drug-likeness (QED) is 0.303. The average Bonchev–Trinajstić information content (AvgIpc) is 3.12. The summed E-state index contributed by atoms with van der Waals surface area (Å²) in [6, 6.07) is 11.0. The topological polar surface area (TPSA) is 102 Å². The third-order valence-corrected chi connectivity index (χ3v) is 7.87. The number of alkyl halides is 3. The summed E-state index contributed by atoms with van der Waals surface area (Å²) >= 11 is 4.13. The molecule has 0 bridgehead atoms. The number of anilines is 3. The molecule has 0 radical (unpaired) electrons. The number of carbonyl (C=O) groups is 3. The number of amides is 4. The highest BCUT2D eigenvalue weighted by atomic mass is 32.1. The van der Waals surface area contributed by atoms with E-state index in [-0.39, 0.29) is 29.6 Å². The second-order valence-corrected chi connectivity index (χ2v) is 11.3. The summed E-state index contributed by atoms with van der Waals surface area (Å²) < 4.78 is 39.4. The number of nitrogens with one attached hydrogen (secondary N) is 1. The van der Waals surface area contributed by atoms with Gasteiger partial charge in [0.15, 0.2) is 0 Å². The van der Waals surface area contributed by atoms with Crippen LogP contribution in [0.2, 0.25) is 0 Å². The minimum atomic E-state index is -4.59. The zero-order chi connectivity index (χ0) is 30.9. The van der Waals surface area contributed by atoms with Gasteiger partial charge in [0.1, 0.15) is 17.2 Å². The van der Waals surface area contributed by atoms with E-state index in [1.54, 1.807) is 32.2 Å². The van der Waals surface area contributed by atoms with Gasteiger partial charge in [-0.25, -0.2) is 19.7 Å². The van der Waals surface area contributed by atoms with Gasteiger partial charge in [-0.3, -0.25) is 14.5 Å². The van der Waals surface area contributed by atoms with Crippen molar-refractivity contribution in [2.45, 2.75) is 37.0 Å². The highest BCUT2D eigenvalue weighted by molar-refractivity contribution is 7.80. The number of carbonyl (C=O) groups excluding carboxylic acids is 3. The zero-order valence-electron chi connectivity index (χ0n) is 23.5. The predicted octanol–water partition coefficient (Wildman–Crippen LogP) is 4.29. The van der Waals surface area contributed by atoms with Crippen molar-refractivity contribution in [2.24, 2.45) is 0 Å². The van der Waals surface area contributed by atoms with Crippen LogP contribution in [0.1, 0.15) is 25.0 Å². The first-order valence-corrected chi connectivity index (χ1v) is 14.0. The van der Waals surface area contributed by atoms with Crippen molar-refractivity contribution in [1.29, 1.82) is 0 Å². The van der Waals surface area contributed by atoms with Gasteiger partial charge in [0.2, 0.25) is 5.91 Å². The fourth-order valence-electron chi connectivity index (χ4n) is 5.09. The van der Waals surface area contributed by atoms with Crippen LogP contribution in [0, 0.1) is 0 Å². The minimum Gasteiger partial charge on any atom is -0.354 e. The van der Waals surface area contributed by atoms with Gasteiger partial charge < -0.3 is 15.1 Å². The largest absolute Gasteiger partial charge is 0.416 e. The Morgan fingerprint density at radius 3 is 2.40 bits per heavy atom. The first-order valence-electron chi connectivity index (χ1n) is 13.5. The highest BCUT2D eigenvalue weighted by Gasteiger charge is 2.52. The van der Waals surface area contributed by atoms with Crippen molar-refractivity contribution < 1.29 is 27.6 Å². The van der Waals surface area contributed by atoms with E-state index in [9.17, 15) is 27.6 Å². The number of imide groups is 1. The molecule has 43 heavy (non-hydrogen) atoms. The van der Waals surface area contributed by atoms with Crippen LogP contribution in [0.5, 0.6) is 0 Å². The Labute approximate surface area is 251 Å². The Hall–Kier alpha value is -4.17. The molecule has 4 heterocycles. The Morgan fingerprint density at radius 2 is 1.74 bits per heavy atom. The molecule has 0 saturated carbocycles. The molecule has 2 aliphatic heterocycles. The summed E-state index contributed by atoms with van der Waals surface area (Å²) in [5.41, 5.74) is -1.67. The Morgan fingerprint density at radius 1 is 1.00 bits per heavy atom. The summed E-state index contributed by atoms with van der Waals surface area (Å²) in [6.07, 6.45) is -1.35. The third kappa shape index (κ3) is 6.44. The lowest BCUT2D eigenvalue weighted by molar-refractivity contribution is -0.137. The van der Waals surface area contributed by atoms with E-state index in [0.717, 1.165) is 42.0 Å². The average molecular weight is 614 g/mol. The van der Waals surface area contributed by atoms with E-state index >= 15 is 0 Å². The number of pyridine rings is 2. The van der Waals surface area contributed by atoms with Crippen LogP contribution in [-0.2, 0) is 22.3 Å². The van der Waals surface area contributed by atoms with Gasteiger partial charge in [0, 0.05) is 50.0 Å². The lowest BCUT2D eigenvalue weighted by atomic mass is 10.0. The van der Waals surface area contributed by atoms with Gasteiger partial charge in [-0.15, -0.1) is 12.6 Å². The number of urea groups is 1. The third-order valence-electron chi connectivity index (χ3n) is 7.51. The van der Waals surface area contributed by atoms with Gasteiger partial charge >= 0.3 is 12.2 Å². The molecule has 3 aromatic rings. The molecule has 2 aliphatic rings. The van der Waals surface area contributed by atoms with E-state index in [4.69, 9.17) is 0 Å². The van der Waals surface area contributed by atoms with E-state index < -0.39 is 29.2 Å². The van der Waals surface area contributed by atoms with E-state index in [0.29, 0.717) is 24.5 Å². The SMILES string of the molecule is CC1(C)C(=O)N(c2ccc(C(F)(F)F)cc2S)C(=O)N1Cc1ccnc(NC(=O)CN2CCN(c3ccccn3)CC2)c1. The van der Waals surface area contributed by atoms with Gasteiger partial charge in [-0.1, -0.05) is 6.07 Å². The maximum Gasteiger partial charge on any atom is 0.416 e. The van der Waals surface area contributed by atoms with Crippen molar-refractivity contribution in [1.82, 2.24) is 19.8 Å². The van der Waals surface area contributed by atoms with Crippen molar-refractivity contribution in [2.75, 3.05) is 47.8 Å². The molecule has 2 saturated heterocycles. The number of hydrogen-bond donors (Lipinski definition) is 2. The molecule has 10 nitrogen and oxygen atoms in total. The molecule has 2 fully saturated rings. The molecule has 226 valence electrons. The number of aromatic nitrogens is 2. The Balaban J connectivity index is 1.22. The molecular formula is C29H30F3N7O3S. The highest BCUT2D eigenvalue weighted by Crippen LogP contribution is 2.39. The molecule has 1 N–H and O–H groups in total. The molecule has 0 aliphatic carbocycles. The molecule has 14 heteroatoms. The number of rotatable bonds is 7. The number of hydrogen-bond acceptors (Lipinski definition) is 8. The van der Waals surface area contributed by atoms with Crippen molar-refractivity contribution in [3.8, 4) is 0 Å². The van der Waals surface area contributed by atoms with Crippen molar-refractivity contribution in [3.05, 3.63) is 72.1 Å². The predicted molar refractivity (Wildman–Crippen MR) is 157 cm³/mol. The molecule has 0 atom stereocenters. The number of thiol groups is 1. The molecular weight excluding hydrogens is 583 g/mol. The maximum atomic E-state index is 13.4. The first-order chi connectivity index (χ1) is 20.3. The summed E-state index contributed by atoms with van der Waals surface area (Å²) in [7, 11) is 0. The molecule has 1 aromatic carbocycles. The van der Waals surface area contributed by atoms with Gasteiger partial charge in [0.05, 0.1) is 17.8 Å². The second-order valence-electron chi connectivity index (χ2n) is 10.8. The maximum absolute atomic E-state index is 13.4. The first kappa shape index (κ1) is 30.3. The number of piperazine rings is 1. The zero-order valence-corrected chi connectivity index (χ0v) is 24.4. The molecule has 0 unspecified atom stereocenters. The van der Waals surface area contributed by atoms with E-state index in [2.05, 4.69) is 32.8 Å². The van der Waals surface area contributed by atoms with Crippen LogP contribution < -0.4 is 15.1 Å². The number of nitrogens with zero attached hydrogens (tertiary/aromatic N) is 6. The van der Waals surface area contributed by atoms with E-state index in [1.165, 1.54) is 11.1 Å². The molecule has 4 amide bonds. The number of benzene rings is 1. The van der Waals surface area contributed by atoms with Crippen LogP contribution in [0.3, 0.4) is 0 Å². The van der Waals surface area contributed by atoms with Crippen LogP contribution in [0.25, 0.3) is 0 Å². The van der Waals surface area contributed by atoms with Crippen LogP contribution in [-0.4, -0.2) is 75.9 Å². The summed E-state index contributed by atoms with van der Waals surface area (Å²) in [4.78, 5) is 54.4. The van der Waals surface area contributed by atoms with E-state index in [1.807, 2.05) is 23.1 Å². The normalized spacial score (nSPS) is 17.5. The Kier molecular flexibility index (Phi) is 8.34.